The third-order valence-corrected chi connectivity index (χ3v) is 3.77. The van der Waals surface area contributed by atoms with Crippen LogP contribution in [0.2, 0.25) is 0 Å². The first kappa shape index (κ1) is 20.8. The van der Waals surface area contributed by atoms with Crippen LogP contribution in [0.3, 0.4) is 0 Å². The Hall–Kier alpha value is -2.29. The maximum atomic E-state index is 12.2. The number of hydrogen-bond donors (Lipinski definition) is 2. The average Bonchev–Trinajstić information content (AvgIpc) is 2.53. The minimum Gasteiger partial charge on any atom is -0.495 e. The van der Waals surface area contributed by atoms with Crippen LogP contribution in [-0.2, 0) is 9.53 Å². The fourth-order valence-corrected chi connectivity index (χ4v) is 2.33. The number of esters is 1. The smallest absolute Gasteiger partial charge is 0.339 e. The Bertz CT molecular complexity index is 637. The number of carbonyl (C=O) groups excluding carboxylic acids is 3. The Balaban J connectivity index is 2.81. The van der Waals surface area contributed by atoms with E-state index in [0.717, 1.165) is 0 Å². The van der Waals surface area contributed by atoms with Crippen LogP contribution in [0.1, 0.15) is 31.1 Å². The molecule has 1 aromatic carbocycles. The van der Waals surface area contributed by atoms with E-state index >= 15 is 0 Å². The molecule has 0 heterocycles. The van der Waals surface area contributed by atoms with Crippen molar-refractivity contribution in [1.82, 2.24) is 10.6 Å². The zero-order chi connectivity index (χ0) is 19.1. The number of amides is 3. The monoisotopic (exact) mass is 416 g/mol. The number of ether oxygens (including phenoxy) is 3. The van der Waals surface area contributed by atoms with Gasteiger partial charge in [-0.15, -0.1) is 0 Å². The van der Waals surface area contributed by atoms with Gasteiger partial charge in [-0.3, -0.25) is 10.1 Å². The van der Waals surface area contributed by atoms with Crippen molar-refractivity contribution in [2.75, 3.05) is 14.2 Å². The largest absolute Gasteiger partial charge is 0.495 e. The summed E-state index contributed by atoms with van der Waals surface area (Å²) in [6, 6.07) is 2.11. The van der Waals surface area contributed by atoms with Crippen LogP contribution in [-0.4, -0.2) is 44.3 Å². The van der Waals surface area contributed by atoms with E-state index in [0.29, 0.717) is 16.0 Å². The summed E-state index contributed by atoms with van der Waals surface area (Å²) in [5.74, 6) is -0.738. The lowest BCUT2D eigenvalue weighted by molar-refractivity contribution is -0.127. The van der Waals surface area contributed by atoms with Gasteiger partial charge in [0.05, 0.1) is 19.8 Å². The van der Waals surface area contributed by atoms with Gasteiger partial charge in [0.25, 0.3) is 5.91 Å². The first-order valence-electron chi connectivity index (χ1n) is 7.43. The Morgan fingerprint density at radius 3 is 2.00 bits per heavy atom. The van der Waals surface area contributed by atoms with E-state index < -0.39 is 24.0 Å². The lowest BCUT2D eigenvalue weighted by Crippen LogP contribution is -2.46. The second-order valence-corrected chi connectivity index (χ2v) is 6.15. The van der Waals surface area contributed by atoms with E-state index in [9.17, 15) is 14.4 Å². The van der Waals surface area contributed by atoms with Gasteiger partial charge in [0.15, 0.2) is 6.10 Å². The quantitative estimate of drug-likeness (QED) is 0.689. The molecule has 0 bridgehead atoms. The van der Waals surface area contributed by atoms with Gasteiger partial charge in [-0.2, -0.15) is 0 Å². The summed E-state index contributed by atoms with van der Waals surface area (Å²) in [7, 11) is 2.89. The molecule has 0 aliphatic rings. The summed E-state index contributed by atoms with van der Waals surface area (Å²) in [6.07, 6.45) is -1.16. The molecule has 8 nitrogen and oxygen atoms in total. The summed E-state index contributed by atoms with van der Waals surface area (Å²) < 4.78 is 15.9. The molecule has 3 amide bonds. The minimum atomic E-state index is -1.16. The summed E-state index contributed by atoms with van der Waals surface area (Å²) in [5, 5.41) is 4.60. The van der Waals surface area contributed by atoms with Gasteiger partial charge in [-0.1, -0.05) is 0 Å². The molecule has 25 heavy (non-hydrogen) atoms. The number of methoxy groups -OCH3 is 2. The number of halogens is 1. The summed E-state index contributed by atoms with van der Waals surface area (Å²) in [5.41, 5.74) is 0.142. The molecule has 0 saturated heterocycles. The van der Waals surface area contributed by atoms with Crippen molar-refractivity contribution in [3.63, 3.8) is 0 Å². The number of benzene rings is 1. The Morgan fingerprint density at radius 2 is 1.56 bits per heavy atom. The Kier molecular flexibility index (Phi) is 7.69. The van der Waals surface area contributed by atoms with Gasteiger partial charge >= 0.3 is 12.0 Å². The molecule has 0 aromatic heterocycles. The fraction of sp³-hybridized carbons (Fsp3) is 0.438. The maximum absolute atomic E-state index is 12.2. The second kappa shape index (κ2) is 9.26. The van der Waals surface area contributed by atoms with Crippen molar-refractivity contribution >= 4 is 33.8 Å². The Labute approximate surface area is 154 Å². The van der Waals surface area contributed by atoms with Crippen LogP contribution in [0, 0.1) is 0 Å². The van der Waals surface area contributed by atoms with Crippen LogP contribution in [0.25, 0.3) is 0 Å². The molecule has 9 heteroatoms. The van der Waals surface area contributed by atoms with Crippen molar-refractivity contribution < 1.29 is 28.6 Å². The molecule has 138 valence electrons. The van der Waals surface area contributed by atoms with E-state index in [1.54, 1.807) is 13.8 Å². The van der Waals surface area contributed by atoms with Crippen molar-refractivity contribution in [3.8, 4) is 11.5 Å². The maximum Gasteiger partial charge on any atom is 0.339 e. The van der Waals surface area contributed by atoms with Gasteiger partial charge in [0, 0.05) is 6.04 Å². The fourth-order valence-electron chi connectivity index (χ4n) is 1.78. The van der Waals surface area contributed by atoms with Gasteiger partial charge in [0.2, 0.25) is 0 Å². The van der Waals surface area contributed by atoms with Crippen LogP contribution in [0.15, 0.2) is 16.6 Å². The minimum absolute atomic E-state index is 0.131. The molecule has 2 N–H and O–H groups in total. The third kappa shape index (κ3) is 5.93. The first-order valence-corrected chi connectivity index (χ1v) is 8.22. The zero-order valence-electron chi connectivity index (χ0n) is 14.6. The highest BCUT2D eigenvalue weighted by molar-refractivity contribution is 9.10. The molecule has 0 saturated carbocycles. The lowest BCUT2D eigenvalue weighted by atomic mass is 10.2. The molecule has 1 rings (SSSR count). The number of nitrogens with one attached hydrogen (secondary N) is 2. The molecule has 0 aliphatic carbocycles. The molecule has 0 radical (unpaired) electrons. The summed E-state index contributed by atoms with van der Waals surface area (Å²) >= 11 is 3.29. The highest BCUT2D eigenvalue weighted by Crippen LogP contribution is 2.35. The molecule has 1 unspecified atom stereocenters. The highest BCUT2D eigenvalue weighted by atomic mass is 79.9. The van der Waals surface area contributed by atoms with Crippen molar-refractivity contribution in [3.05, 3.63) is 22.2 Å². The normalized spacial score (nSPS) is 11.5. The standard InChI is InChI=1S/C16H21BrN2O6/c1-8(2)18-16(22)19-14(20)9(3)25-15(21)10-6-11(23-4)13(17)12(7-10)24-5/h6-9H,1-5H3,(H2,18,19,20,22). The number of imide groups is 1. The van der Waals surface area contributed by atoms with Crippen LogP contribution < -0.4 is 20.1 Å². The molecular formula is C16H21BrN2O6. The van der Waals surface area contributed by atoms with E-state index in [1.165, 1.54) is 33.3 Å². The number of urea groups is 1. The predicted octanol–water partition coefficient (Wildman–Crippen LogP) is 2.25. The third-order valence-electron chi connectivity index (χ3n) is 2.99. The number of rotatable bonds is 6. The van der Waals surface area contributed by atoms with Crippen LogP contribution in [0.4, 0.5) is 4.79 Å². The number of hydrogen-bond acceptors (Lipinski definition) is 6. The first-order chi connectivity index (χ1) is 11.7. The second-order valence-electron chi connectivity index (χ2n) is 5.36. The molecule has 1 aromatic rings. The van der Waals surface area contributed by atoms with Gasteiger partial charge in [-0.25, -0.2) is 9.59 Å². The van der Waals surface area contributed by atoms with Crippen molar-refractivity contribution in [2.24, 2.45) is 0 Å². The van der Waals surface area contributed by atoms with E-state index in [1.807, 2.05) is 0 Å². The predicted molar refractivity (Wildman–Crippen MR) is 93.9 cm³/mol. The Morgan fingerprint density at radius 1 is 1.04 bits per heavy atom. The SMILES string of the molecule is COc1cc(C(=O)OC(C)C(=O)NC(=O)NC(C)C)cc(OC)c1Br. The number of carbonyl (C=O) groups is 3. The van der Waals surface area contributed by atoms with E-state index in [-0.39, 0.29) is 11.6 Å². The van der Waals surface area contributed by atoms with Gasteiger partial charge < -0.3 is 19.5 Å². The molecule has 0 fully saturated rings. The zero-order valence-corrected chi connectivity index (χ0v) is 16.2. The summed E-state index contributed by atoms with van der Waals surface area (Å²) in [4.78, 5) is 35.6. The topological polar surface area (TPSA) is 103 Å². The molecule has 0 aliphatic heterocycles. The van der Waals surface area contributed by atoms with Gasteiger partial charge in [-0.05, 0) is 48.8 Å². The average molecular weight is 417 g/mol. The molecule has 0 spiro atoms. The molecular weight excluding hydrogens is 396 g/mol. The highest BCUT2D eigenvalue weighted by Gasteiger charge is 2.22. The van der Waals surface area contributed by atoms with Crippen molar-refractivity contribution in [2.45, 2.75) is 32.9 Å². The lowest BCUT2D eigenvalue weighted by Gasteiger charge is -2.15. The summed E-state index contributed by atoms with van der Waals surface area (Å²) in [6.45, 7) is 4.87. The van der Waals surface area contributed by atoms with Crippen LogP contribution in [0.5, 0.6) is 11.5 Å². The van der Waals surface area contributed by atoms with E-state index in [4.69, 9.17) is 14.2 Å². The molecule has 1 atom stereocenters. The van der Waals surface area contributed by atoms with Crippen molar-refractivity contribution in [1.29, 1.82) is 0 Å². The van der Waals surface area contributed by atoms with E-state index in [2.05, 4.69) is 26.6 Å². The van der Waals surface area contributed by atoms with Gasteiger partial charge in [0.1, 0.15) is 16.0 Å². The van der Waals surface area contributed by atoms with Crippen LogP contribution >= 0.6 is 15.9 Å².